The largest absolute Gasteiger partial charge is 0.330 e. The second kappa shape index (κ2) is 8.64. The third-order valence-corrected chi connectivity index (χ3v) is 3.97. The lowest BCUT2D eigenvalue weighted by molar-refractivity contribution is -0.116. The van der Waals surface area contributed by atoms with Crippen LogP contribution in [0.5, 0.6) is 0 Å². The van der Waals surface area contributed by atoms with Gasteiger partial charge in [-0.1, -0.05) is 11.6 Å². The van der Waals surface area contributed by atoms with Crippen molar-refractivity contribution >= 4 is 23.2 Å². The molecule has 1 aromatic heterocycles. The molecular formula is C17H21ClN4O3. The third kappa shape index (κ3) is 5.30. The summed E-state index contributed by atoms with van der Waals surface area (Å²) in [5, 5.41) is 6.53. The van der Waals surface area contributed by atoms with Crippen molar-refractivity contribution in [2.75, 3.05) is 11.9 Å². The molecule has 0 unspecified atom stereocenters. The van der Waals surface area contributed by atoms with Gasteiger partial charge in [0, 0.05) is 49.5 Å². The summed E-state index contributed by atoms with van der Waals surface area (Å²) in [6.07, 6.45) is 2.53. The minimum atomic E-state index is -0.354. The highest BCUT2D eigenvalue weighted by atomic mass is 35.5. The Labute approximate surface area is 150 Å². The van der Waals surface area contributed by atoms with Gasteiger partial charge in [-0.05, 0) is 37.2 Å². The highest BCUT2D eigenvalue weighted by molar-refractivity contribution is 6.30. The number of nitrogens with zero attached hydrogens (tertiary/aromatic N) is 2. The van der Waals surface area contributed by atoms with Crippen molar-refractivity contribution in [1.29, 1.82) is 0 Å². The zero-order chi connectivity index (χ0) is 18.4. The molecule has 7 nitrogen and oxygen atoms in total. The Morgan fingerprint density at radius 2 is 1.84 bits per heavy atom. The predicted octanol–water partition coefficient (Wildman–Crippen LogP) is 1.25. The molecular weight excluding hydrogens is 344 g/mol. The molecule has 0 fully saturated rings. The van der Waals surface area contributed by atoms with Gasteiger partial charge < -0.3 is 15.2 Å². The Morgan fingerprint density at radius 1 is 1.16 bits per heavy atom. The lowest BCUT2D eigenvalue weighted by atomic mass is 10.2. The van der Waals surface area contributed by atoms with Crippen LogP contribution in [0.2, 0.25) is 5.02 Å². The molecule has 0 aliphatic heterocycles. The Hall–Kier alpha value is -2.38. The summed E-state index contributed by atoms with van der Waals surface area (Å²) >= 11 is 5.79. The molecule has 0 aliphatic carbocycles. The summed E-state index contributed by atoms with van der Waals surface area (Å²) in [4.78, 5) is 35.4. The maximum Gasteiger partial charge on any atom is 0.330 e. The van der Waals surface area contributed by atoms with Gasteiger partial charge in [0.2, 0.25) is 5.91 Å². The molecule has 1 amide bonds. The molecule has 1 heterocycles. The summed E-state index contributed by atoms with van der Waals surface area (Å²) in [7, 11) is 3.06. The van der Waals surface area contributed by atoms with E-state index >= 15 is 0 Å². The fourth-order valence-electron chi connectivity index (χ4n) is 2.36. The van der Waals surface area contributed by atoms with Crippen LogP contribution in [0.3, 0.4) is 0 Å². The van der Waals surface area contributed by atoms with Crippen LogP contribution in [0, 0.1) is 0 Å². The third-order valence-electron chi connectivity index (χ3n) is 3.72. The van der Waals surface area contributed by atoms with Crippen LogP contribution in [0.4, 0.5) is 5.69 Å². The van der Waals surface area contributed by atoms with Crippen molar-refractivity contribution in [3.05, 3.63) is 61.9 Å². The summed E-state index contributed by atoms with van der Waals surface area (Å²) < 4.78 is 2.45. The quantitative estimate of drug-likeness (QED) is 0.724. The van der Waals surface area contributed by atoms with Crippen LogP contribution in [-0.4, -0.2) is 21.6 Å². The van der Waals surface area contributed by atoms with E-state index < -0.39 is 0 Å². The van der Waals surface area contributed by atoms with Crippen molar-refractivity contribution in [3.63, 3.8) is 0 Å². The highest BCUT2D eigenvalue weighted by Gasteiger charge is 2.07. The van der Waals surface area contributed by atoms with Gasteiger partial charge in [-0.3, -0.25) is 14.2 Å². The first-order valence-electron chi connectivity index (χ1n) is 7.90. The minimum absolute atomic E-state index is 0.0813. The van der Waals surface area contributed by atoms with Gasteiger partial charge >= 0.3 is 5.69 Å². The first-order valence-corrected chi connectivity index (χ1v) is 8.28. The summed E-state index contributed by atoms with van der Waals surface area (Å²) in [6, 6.07) is 6.92. The SMILES string of the molecule is Cn1cc(CNCCCC(=O)Nc2ccc(Cl)cc2)c(=O)n(C)c1=O. The predicted molar refractivity (Wildman–Crippen MR) is 97.9 cm³/mol. The van der Waals surface area contributed by atoms with Crippen molar-refractivity contribution in [3.8, 4) is 0 Å². The number of hydrogen-bond acceptors (Lipinski definition) is 4. The van der Waals surface area contributed by atoms with Crippen LogP contribution in [0.1, 0.15) is 18.4 Å². The summed E-state index contributed by atoms with van der Waals surface area (Å²) in [6.45, 7) is 0.930. The van der Waals surface area contributed by atoms with Gasteiger partial charge in [-0.15, -0.1) is 0 Å². The standard InChI is InChI=1S/C17H21ClN4O3/c1-21-11-12(16(24)22(2)17(21)25)10-19-9-3-4-15(23)20-14-7-5-13(18)6-8-14/h5-8,11,19H,3-4,9-10H2,1-2H3,(H,20,23). The number of benzene rings is 1. The average Bonchev–Trinajstić information content (AvgIpc) is 2.59. The second-order valence-corrected chi connectivity index (χ2v) is 6.18. The molecule has 0 atom stereocenters. The molecule has 0 saturated carbocycles. The topological polar surface area (TPSA) is 85.1 Å². The molecule has 0 radical (unpaired) electrons. The monoisotopic (exact) mass is 364 g/mol. The maximum atomic E-state index is 12.0. The lowest BCUT2D eigenvalue weighted by Crippen LogP contribution is -2.39. The van der Waals surface area contributed by atoms with Crippen molar-refractivity contribution < 1.29 is 4.79 Å². The first-order chi connectivity index (χ1) is 11.9. The van der Waals surface area contributed by atoms with E-state index in [0.717, 1.165) is 4.57 Å². The fraction of sp³-hybridized carbons (Fsp3) is 0.353. The zero-order valence-corrected chi connectivity index (χ0v) is 15.0. The molecule has 2 N–H and O–H groups in total. The van der Waals surface area contributed by atoms with Crippen LogP contribution in [0.15, 0.2) is 40.1 Å². The normalized spacial score (nSPS) is 10.7. The lowest BCUT2D eigenvalue weighted by Gasteiger charge is -2.08. The van der Waals surface area contributed by atoms with Gasteiger partial charge in [-0.25, -0.2) is 4.79 Å². The van der Waals surface area contributed by atoms with E-state index in [1.54, 1.807) is 31.3 Å². The number of rotatable bonds is 7. The number of aryl methyl sites for hydroxylation is 1. The molecule has 134 valence electrons. The second-order valence-electron chi connectivity index (χ2n) is 5.75. The number of halogens is 1. The summed E-state index contributed by atoms with van der Waals surface area (Å²) in [5.41, 5.74) is 0.551. The van der Waals surface area contributed by atoms with Crippen LogP contribution >= 0.6 is 11.6 Å². The van der Waals surface area contributed by atoms with Gasteiger partial charge in [0.25, 0.3) is 5.56 Å². The minimum Gasteiger partial charge on any atom is -0.326 e. The van der Waals surface area contributed by atoms with Gasteiger partial charge in [0.1, 0.15) is 0 Å². The molecule has 2 rings (SSSR count). The first kappa shape index (κ1) is 19.0. The zero-order valence-electron chi connectivity index (χ0n) is 14.2. The van der Waals surface area contributed by atoms with E-state index in [9.17, 15) is 14.4 Å². The van der Waals surface area contributed by atoms with Crippen LogP contribution in [0.25, 0.3) is 0 Å². The number of nitrogens with one attached hydrogen (secondary N) is 2. The molecule has 0 bridgehead atoms. The van der Waals surface area contributed by atoms with E-state index in [2.05, 4.69) is 10.6 Å². The van der Waals surface area contributed by atoms with Crippen LogP contribution in [-0.2, 0) is 25.4 Å². The fourth-order valence-corrected chi connectivity index (χ4v) is 2.48. The molecule has 0 saturated heterocycles. The Morgan fingerprint density at radius 3 is 2.52 bits per heavy atom. The van der Waals surface area contributed by atoms with Crippen molar-refractivity contribution in [2.45, 2.75) is 19.4 Å². The van der Waals surface area contributed by atoms with Gasteiger partial charge in [0.05, 0.1) is 0 Å². The van der Waals surface area contributed by atoms with Crippen molar-refractivity contribution in [2.24, 2.45) is 14.1 Å². The number of carbonyl (C=O) groups is 1. The van der Waals surface area contributed by atoms with Gasteiger partial charge in [-0.2, -0.15) is 0 Å². The van der Waals surface area contributed by atoms with E-state index in [-0.39, 0.29) is 17.2 Å². The smallest absolute Gasteiger partial charge is 0.326 e. The Balaban J connectivity index is 1.75. The highest BCUT2D eigenvalue weighted by Crippen LogP contribution is 2.13. The number of aromatic nitrogens is 2. The van der Waals surface area contributed by atoms with E-state index in [1.807, 2.05) is 0 Å². The van der Waals surface area contributed by atoms with E-state index in [0.29, 0.717) is 42.2 Å². The average molecular weight is 365 g/mol. The van der Waals surface area contributed by atoms with Gasteiger partial charge in [0.15, 0.2) is 0 Å². The van der Waals surface area contributed by atoms with E-state index in [1.165, 1.54) is 17.8 Å². The van der Waals surface area contributed by atoms with E-state index in [4.69, 9.17) is 11.6 Å². The Kier molecular flexibility index (Phi) is 6.55. The number of hydrogen-bond donors (Lipinski definition) is 2. The Bertz CT molecular complexity index is 856. The molecule has 2 aromatic rings. The number of carbonyl (C=O) groups excluding carboxylic acids is 1. The van der Waals surface area contributed by atoms with Crippen LogP contribution < -0.4 is 21.9 Å². The molecule has 8 heteroatoms. The number of anilines is 1. The molecule has 0 spiro atoms. The summed E-state index contributed by atoms with van der Waals surface area (Å²) in [5.74, 6) is -0.0813. The molecule has 1 aromatic carbocycles. The molecule has 0 aliphatic rings. The van der Waals surface area contributed by atoms with Crippen molar-refractivity contribution in [1.82, 2.24) is 14.5 Å². The number of amides is 1. The molecule has 25 heavy (non-hydrogen) atoms. The maximum absolute atomic E-state index is 12.0.